The summed E-state index contributed by atoms with van der Waals surface area (Å²) in [5.74, 6) is 2.23. The number of rotatable bonds is 8. The van der Waals surface area contributed by atoms with Crippen LogP contribution < -0.4 is 0 Å². The van der Waals surface area contributed by atoms with Gasteiger partial charge >= 0.3 is 0 Å². The topological polar surface area (TPSA) is 3.24 Å². The van der Waals surface area contributed by atoms with Crippen LogP contribution in [0.15, 0.2) is 121 Å². The quantitative estimate of drug-likeness (QED) is 0.220. The van der Waals surface area contributed by atoms with Gasteiger partial charge in [0.05, 0.1) is 0 Å². The van der Waals surface area contributed by atoms with Crippen molar-refractivity contribution in [3.05, 3.63) is 144 Å². The molecule has 1 aliphatic heterocycles. The molecule has 4 aromatic carbocycles. The highest BCUT2D eigenvalue weighted by atomic mass is 15.1. The van der Waals surface area contributed by atoms with Gasteiger partial charge in [-0.2, -0.15) is 0 Å². The summed E-state index contributed by atoms with van der Waals surface area (Å²) < 4.78 is 0. The van der Waals surface area contributed by atoms with Crippen LogP contribution in [0.3, 0.4) is 0 Å². The van der Waals surface area contributed by atoms with Crippen molar-refractivity contribution in [3.8, 4) is 0 Å². The predicted octanol–water partition coefficient (Wildman–Crippen LogP) is 9.42. The summed E-state index contributed by atoms with van der Waals surface area (Å²) in [6.45, 7) is 3.44. The summed E-state index contributed by atoms with van der Waals surface area (Å²) in [4.78, 5) is 2.76. The Labute approximate surface area is 243 Å². The normalized spacial score (nSPS) is 21.2. The molecule has 1 fully saturated rings. The van der Waals surface area contributed by atoms with Gasteiger partial charge in [0.15, 0.2) is 0 Å². The Morgan fingerprint density at radius 1 is 0.375 bits per heavy atom. The molecule has 5 rings (SSSR count). The van der Waals surface area contributed by atoms with Gasteiger partial charge in [0.2, 0.25) is 0 Å². The van der Waals surface area contributed by atoms with Crippen LogP contribution in [0, 0.1) is 17.8 Å². The summed E-state index contributed by atoms with van der Waals surface area (Å²) in [5.41, 5.74) is 5.94. The number of benzene rings is 4. The van der Waals surface area contributed by atoms with E-state index in [4.69, 9.17) is 0 Å². The zero-order valence-corrected chi connectivity index (χ0v) is 24.2. The zero-order valence-electron chi connectivity index (χ0n) is 24.2. The second-order valence-electron chi connectivity index (χ2n) is 12.2. The minimum atomic E-state index is 0.735. The molecule has 1 heteroatoms. The van der Waals surface area contributed by atoms with Crippen molar-refractivity contribution in [2.75, 3.05) is 13.1 Å². The van der Waals surface area contributed by atoms with Crippen LogP contribution in [-0.4, -0.2) is 18.0 Å². The molecule has 0 radical (unpaired) electrons. The first-order valence-electron chi connectivity index (χ1n) is 15.7. The fourth-order valence-electron chi connectivity index (χ4n) is 6.67. The molecule has 0 saturated carbocycles. The Morgan fingerprint density at radius 3 is 1.02 bits per heavy atom. The number of hydrogen-bond donors (Lipinski definition) is 0. The molecule has 208 valence electrons. The standard InChI is InChI=1S/C39H47N/c1-5-13-33(14-6-1)29-36-21-23-37(30-34-15-7-2-8-16-34)25-27-40(32-39-19-11-4-12-20-39)28-26-38(24-22-36)31-35-17-9-3-10-18-35/h1-20,36-38H,21-32H2. The van der Waals surface area contributed by atoms with Gasteiger partial charge in [0.25, 0.3) is 0 Å². The van der Waals surface area contributed by atoms with Crippen LogP contribution >= 0.6 is 0 Å². The molecular weight excluding hydrogens is 482 g/mol. The highest BCUT2D eigenvalue weighted by molar-refractivity contribution is 5.18. The van der Waals surface area contributed by atoms with Gasteiger partial charge in [-0.1, -0.05) is 121 Å². The molecule has 2 unspecified atom stereocenters. The SMILES string of the molecule is c1ccc(CC2CCC(Cc3ccccc3)CCN(Cc3ccccc3)CCC(Cc3ccccc3)CC2)cc1. The van der Waals surface area contributed by atoms with Gasteiger partial charge in [0.1, 0.15) is 0 Å². The van der Waals surface area contributed by atoms with E-state index in [1.165, 1.54) is 93.1 Å². The molecule has 1 saturated heterocycles. The largest absolute Gasteiger partial charge is 0.299 e. The summed E-state index contributed by atoms with van der Waals surface area (Å²) in [6.07, 6.45) is 11.5. The van der Waals surface area contributed by atoms with Gasteiger partial charge in [-0.15, -0.1) is 0 Å². The highest BCUT2D eigenvalue weighted by Crippen LogP contribution is 2.30. The Balaban J connectivity index is 1.34. The van der Waals surface area contributed by atoms with Crippen molar-refractivity contribution in [3.63, 3.8) is 0 Å². The molecule has 1 nitrogen and oxygen atoms in total. The third-order valence-corrected chi connectivity index (χ3v) is 9.02. The Bertz CT molecular complexity index is 991. The highest BCUT2D eigenvalue weighted by Gasteiger charge is 2.21. The van der Waals surface area contributed by atoms with E-state index in [1.54, 1.807) is 0 Å². The van der Waals surface area contributed by atoms with Crippen molar-refractivity contribution in [2.45, 2.75) is 64.3 Å². The second-order valence-corrected chi connectivity index (χ2v) is 12.2. The third-order valence-electron chi connectivity index (χ3n) is 9.02. The van der Waals surface area contributed by atoms with E-state index in [2.05, 4.69) is 126 Å². The molecule has 0 bridgehead atoms. The number of nitrogens with zero attached hydrogens (tertiary/aromatic N) is 1. The molecule has 1 aliphatic rings. The minimum absolute atomic E-state index is 0.735. The average Bonchev–Trinajstić information content (AvgIpc) is 3.00. The van der Waals surface area contributed by atoms with Crippen molar-refractivity contribution in [1.82, 2.24) is 4.90 Å². The van der Waals surface area contributed by atoms with Crippen LogP contribution in [-0.2, 0) is 25.8 Å². The lowest BCUT2D eigenvalue weighted by Crippen LogP contribution is -2.30. The smallest absolute Gasteiger partial charge is 0.0233 e. The van der Waals surface area contributed by atoms with Gasteiger partial charge in [-0.05, 0) is 111 Å². The molecule has 0 N–H and O–H groups in total. The zero-order chi connectivity index (χ0) is 27.2. The lowest BCUT2D eigenvalue weighted by molar-refractivity contribution is 0.204. The van der Waals surface area contributed by atoms with E-state index >= 15 is 0 Å². The molecule has 4 aromatic rings. The van der Waals surface area contributed by atoms with E-state index < -0.39 is 0 Å². The third kappa shape index (κ3) is 9.49. The summed E-state index contributed by atoms with van der Waals surface area (Å²) >= 11 is 0. The maximum absolute atomic E-state index is 2.76. The average molecular weight is 530 g/mol. The van der Waals surface area contributed by atoms with Crippen LogP contribution in [0.25, 0.3) is 0 Å². The van der Waals surface area contributed by atoms with Crippen molar-refractivity contribution >= 4 is 0 Å². The van der Waals surface area contributed by atoms with E-state index in [9.17, 15) is 0 Å². The lowest BCUT2D eigenvalue weighted by atomic mass is 9.81. The fourth-order valence-corrected chi connectivity index (χ4v) is 6.67. The van der Waals surface area contributed by atoms with E-state index in [0.717, 1.165) is 24.3 Å². The van der Waals surface area contributed by atoms with Crippen LogP contribution in [0.5, 0.6) is 0 Å². The maximum atomic E-state index is 2.76. The first-order valence-corrected chi connectivity index (χ1v) is 15.7. The number of hydrogen-bond acceptors (Lipinski definition) is 1. The Hall–Kier alpha value is -3.16. The molecule has 2 atom stereocenters. The van der Waals surface area contributed by atoms with E-state index in [-0.39, 0.29) is 0 Å². The molecule has 0 spiro atoms. The molecule has 0 aliphatic carbocycles. The van der Waals surface area contributed by atoms with Gasteiger partial charge in [-0.25, -0.2) is 0 Å². The summed E-state index contributed by atoms with van der Waals surface area (Å²) in [5, 5.41) is 0. The summed E-state index contributed by atoms with van der Waals surface area (Å²) in [7, 11) is 0. The molecule has 0 amide bonds. The van der Waals surface area contributed by atoms with Crippen LogP contribution in [0.2, 0.25) is 0 Å². The molecule has 0 aromatic heterocycles. The van der Waals surface area contributed by atoms with Gasteiger partial charge in [-0.3, -0.25) is 4.90 Å². The van der Waals surface area contributed by atoms with E-state index in [1.807, 2.05) is 0 Å². The first kappa shape index (κ1) is 28.4. The van der Waals surface area contributed by atoms with Gasteiger partial charge < -0.3 is 0 Å². The molecule has 1 heterocycles. The molecule has 40 heavy (non-hydrogen) atoms. The summed E-state index contributed by atoms with van der Waals surface area (Å²) in [6, 6.07) is 44.8. The van der Waals surface area contributed by atoms with Crippen molar-refractivity contribution in [2.24, 2.45) is 17.8 Å². The van der Waals surface area contributed by atoms with Gasteiger partial charge in [0, 0.05) is 6.54 Å². The first-order chi connectivity index (χ1) is 19.8. The monoisotopic (exact) mass is 529 g/mol. The lowest BCUT2D eigenvalue weighted by Gasteiger charge is -2.30. The molecular formula is C39H47N. The Kier molecular flexibility index (Phi) is 11.1. The van der Waals surface area contributed by atoms with Crippen LogP contribution in [0.4, 0.5) is 0 Å². The maximum Gasteiger partial charge on any atom is 0.0233 e. The Morgan fingerprint density at radius 2 is 0.675 bits per heavy atom. The minimum Gasteiger partial charge on any atom is -0.299 e. The van der Waals surface area contributed by atoms with Crippen LogP contribution in [0.1, 0.15) is 60.8 Å². The van der Waals surface area contributed by atoms with Crippen molar-refractivity contribution < 1.29 is 0 Å². The fraction of sp³-hybridized carbons (Fsp3) is 0.385. The van der Waals surface area contributed by atoms with Crippen molar-refractivity contribution in [1.29, 1.82) is 0 Å². The van der Waals surface area contributed by atoms with E-state index in [0.29, 0.717) is 0 Å². The second kappa shape index (κ2) is 15.6. The predicted molar refractivity (Wildman–Crippen MR) is 170 cm³/mol.